The zero-order valence-electron chi connectivity index (χ0n) is 19.9. The van der Waals surface area contributed by atoms with E-state index >= 15 is 0 Å². The number of carbonyl (C=O) groups is 1. The summed E-state index contributed by atoms with van der Waals surface area (Å²) in [6.07, 6.45) is 3.13. The summed E-state index contributed by atoms with van der Waals surface area (Å²) in [5.74, 6) is -0.455. The Kier molecular flexibility index (Phi) is 9.05. The number of anilines is 1. The second-order valence-corrected chi connectivity index (χ2v) is 14.8. The van der Waals surface area contributed by atoms with Gasteiger partial charge in [0.2, 0.25) is 15.7 Å². The number of carbonyl (C=O) groups excluding carboxylic acids is 1. The first-order valence-electron chi connectivity index (χ1n) is 10.6. The lowest BCUT2D eigenvalue weighted by molar-refractivity contribution is -0.116. The van der Waals surface area contributed by atoms with E-state index in [4.69, 9.17) is 11.6 Å². The van der Waals surface area contributed by atoms with Crippen LogP contribution in [0.15, 0.2) is 61.5 Å². The van der Waals surface area contributed by atoms with Crippen LogP contribution in [-0.4, -0.2) is 47.7 Å². The Balaban J connectivity index is 2.01. The molecule has 1 N–H and O–H groups in total. The largest absolute Gasteiger partial charge is 0.325 e. The fourth-order valence-electron chi connectivity index (χ4n) is 3.63. The minimum absolute atomic E-state index is 0.0157. The van der Waals surface area contributed by atoms with Gasteiger partial charge in [-0.15, -0.1) is 23.1 Å². The van der Waals surface area contributed by atoms with E-state index in [-0.39, 0.29) is 34.3 Å². The second kappa shape index (κ2) is 11.5. The topological polar surface area (TPSA) is 110 Å². The number of thioether (sulfide) groups is 1. The number of rotatable bonds is 10. The number of aryl methyl sites for hydroxylation is 1. The average Bonchev–Trinajstić information content (AvgIpc) is 3.22. The number of nitrogens with zero attached hydrogens (tertiary/aromatic N) is 1. The van der Waals surface area contributed by atoms with Crippen molar-refractivity contribution in [3.63, 3.8) is 0 Å². The lowest BCUT2D eigenvalue weighted by atomic mass is 9.98. The van der Waals surface area contributed by atoms with Crippen LogP contribution in [0, 0.1) is 6.92 Å². The van der Waals surface area contributed by atoms with Gasteiger partial charge in [0.25, 0.3) is 0 Å². The molecule has 7 nitrogen and oxygen atoms in total. The summed E-state index contributed by atoms with van der Waals surface area (Å²) in [7, 11) is -7.03. The predicted molar refractivity (Wildman–Crippen MR) is 150 cm³/mol. The molecule has 0 spiro atoms. The molecule has 0 aliphatic rings. The van der Waals surface area contributed by atoms with Gasteiger partial charge in [-0.2, -0.15) is 0 Å². The van der Waals surface area contributed by atoms with Gasteiger partial charge in [0, 0.05) is 23.3 Å². The van der Waals surface area contributed by atoms with Crippen molar-refractivity contribution in [2.24, 2.45) is 4.99 Å². The number of hydrogen-bond donors (Lipinski definition) is 1. The smallest absolute Gasteiger partial charge is 0.224 e. The molecule has 0 aliphatic heterocycles. The monoisotopic (exact) mass is 584 g/mol. The molecular formula is C24H25ClN2O5S4. The van der Waals surface area contributed by atoms with Gasteiger partial charge < -0.3 is 5.32 Å². The van der Waals surface area contributed by atoms with Crippen molar-refractivity contribution in [1.29, 1.82) is 0 Å². The Morgan fingerprint density at radius 2 is 1.89 bits per heavy atom. The maximum absolute atomic E-state index is 13.5. The number of nitrogens with one attached hydrogen (secondary N) is 1. The number of sulfone groups is 2. The van der Waals surface area contributed by atoms with Crippen LogP contribution in [0.1, 0.15) is 18.4 Å². The Bertz CT molecular complexity index is 1530. The minimum Gasteiger partial charge on any atom is -0.325 e. The van der Waals surface area contributed by atoms with Crippen LogP contribution in [0.4, 0.5) is 10.7 Å². The first kappa shape index (κ1) is 28.4. The van der Waals surface area contributed by atoms with Crippen LogP contribution < -0.4 is 5.32 Å². The standard InChI is InChI=1S/C24H25ClN2O5S4/c1-15-11-17(25)13-19(27-21(28)9-6-10-35(4,29)30)23(15)16-7-5-8-18(12-16)36(31,32)20-14-22(26-2)34-24(20)33-3/h5,7-8,11-14H,2,6,9-10H2,1,3-4H3,(H,27,28). The molecule has 3 aromatic rings. The predicted octanol–water partition coefficient (Wildman–Crippen LogP) is 6.03. The molecule has 0 saturated heterocycles. The zero-order valence-corrected chi connectivity index (χ0v) is 23.9. The molecule has 1 heterocycles. The third-order valence-corrected chi connectivity index (χ3v) is 10.7. The molecule has 1 aromatic heterocycles. The maximum atomic E-state index is 13.5. The van der Waals surface area contributed by atoms with E-state index in [1.165, 1.54) is 35.2 Å². The van der Waals surface area contributed by atoms with Gasteiger partial charge in [-0.05, 0) is 67.8 Å². The number of benzene rings is 2. The van der Waals surface area contributed by atoms with Crippen molar-refractivity contribution in [3.05, 3.63) is 53.1 Å². The highest BCUT2D eigenvalue weighted by molar-refractivity contribution is 8.01. The van der Waals surface area contributed by atoms with Crippen molar-refractivity contribution >= 4 is 77.7 Å². The highest BCUT2D eigenvalue weighted by Gasteiger charge is 2.25. The summed E-state index contributed by atoms with van der Waals surface area (Å²) in [5.41, 5.74) is 2.36. The molecule has 0 saturated carbocycles. The third kappa shape index (κ3) is 6.77. The van der Waals surface area contributed by atoms with Gasteiger partial charge >= 0.3 is 0 Å². The van der Waals surface area contributed by atoms with Crippen molar-refractivity contribution < 1.29 is 21.6 Å². The Morgan fingerprint density at radius 3 is 2.53 bits per heavy atom. The van der Waals surface area contributed by atoms with Gasteiger partial charge in [0.1, 0.15) is 14.8 Å². The quantitative estimate of drug-likeness (QED) is 0.230. The van der Waals surface area contributed by atoms with Crippen LogP contribution >= 0.6 is 34.7 Å². The summed E-state index contributed by atoms with van der Waals surface area (Å²) in [6.45, 7) is 5.30. The summed E-state index contributed by atoms with van der Waals surface area (Å²) >= 11 is 8.83. The number of amides is 1. The molecule has 0 unspecified atom stereocenters. The van der Waals surface area contributed by atoms with Crippen molar-refractivity contribution in [3.8, 4) is 11.1 Å². The molecule has 0 atom stereocenters. The van der Waals surface area contributed by atoms with Gasteiger partial charge in [-0.3, -0.25) is 9.79 Å². The average molecular weight is 585 g/mol. The minimum atomic E-state index is -3.85. The van der Waals surface area contributed by atoms with Crippen LogP contribution in [0.25, 0.3) is 11.1 Å². The summed E-state index contributed by atoms with van der Waals surface area (Å²) in [6, 6.07) is 11.3. The highest BCUT2D eigenvalue weighted by Crippen LogP contribution is 2.42. The molecular weight excluding hydrogens is 560 g/mol. The molecule has 1 amide bonds. The Labute approximate surface area is 224 Å². The van der Waals surface area contributed by atoms with Crippen molar-refractivity contribution in [1.82, 2.24) is 0 Å². The third-order valence-electron chi connectivity index (χ3n) is 5.21. The molecule has 0 radical (unpaired) electrons. The Morgan fingerprint density at radius 1 is 1.17 bits per heavy atom. The van der Waals surface area contributed by atoms with Gasteiger partial charge in [0.15, 0.2) is 0 Å². The van der Waals surface area contributed by atoms with E-state index in [2.05, 4.69) is 17.0 Å². The highest BCUT2D eigenvalue weighted by atomic mass is 35.5. The van der Waals surface area contributed by atoms with Crippen LogP contribution in [0.3, 0.4) is 0 Å². The SMILES string of the molecule is C=Nc1cc(S(=O)(=O)c2cccc(-c3c(C)cc(Cl)cc3NC(=O)CCCS(C)(=O)=O)c2)c(SC)s1. The number of hydrogen-bond acceptors (Lipinski definition) is 8. The lowest BCUT2D eigenvalue weighted by Crippen LogP contribution is -2.14. The maximum Gasteiger partial charge on any atom is 0.224 e. The first-order valence-corrected chi connectivity index (χ1v) is 16.6. The lowest BCUT2D eigenvalue weighted by Gasteiger charge is -2.16. The van der Waals surface area contributed by atoms with E-state index in [0.717, 1.165) is 11.8 Å². The summed E-state index contributed by atoms with van der Waals surface area (Å²) in [5, 5.41) is 3.73. The zero-order chi connectivity index (χ0) is 26.7. The molecule has 2 aromatic carbocycles. The van der Waals surface area contributed by atoms with Crippen LogP contribution in [0.5, 0.6) is 0 Å². The van der Waals surface area contributed by atoms with Gasteiger partial charge in [-0.1, -0.05) is 23.7 Å². The molecule has 36 heavy (non-hydrogen) atoms. The Hall–Kier alpha value is -2.18. The summed E-state index contributed by atoms with van der Waals surface area (Å²) in [4.78, 5) is 16.7. The molecule has 0 fully saturated rings. The van der Waals surface area contributed by atoms with E-state index in [1.807, 2.05) is 6.92 Å². The van der Waals surface area contributed by atoms with Crippen LogP contribution in [0.2, 0.25) is 5.02 Å². The van der Waals surface area contributed by atoms with Crippen molar-refractivity contribution in [2.45, 2.75) is 33.8 Å². The van der Waals surface area contributed by atoms with Crippen LogP contribution in [-0.2, 0) is 24.5 Å². The van der Waals surface area contributed by atoms with Gasteiger partial charge in [0.05, 0.1) is 25.4 Å². The van der Waals surface area contributed by atoms with E-state index in [1.54, 1.807) is 36.6 Å². The second-order valence-electron chi connectivity index (χ2n) is 8.06. The van der Waals surface area contributed by atoms with E-state index < -0.39 is 19.7 Å². The number of aliphatic imine (C=N–C) groups is 1. The van der Waals surface area contributed by atoms with E-state index in [0.29, 0.717) is 31.0 Å². The molecule has 3 rings (SSSR count). The number of halogens is 1. The first-order chi connectivity index (χ1) is 16.9. The normalized spacial score (nSPS) is 11.9. The van der Waals surface area contributed by atoms with Crippen molar-refractivity contribution in [2.75, 3.05) is 23.6 Å². The molecule has 192 valence electrons. The van der Waals surface area contributed by atoms with Gasteiger partial charge in [-0.25, -0.2) is 16.8 Å². The molecule has 0 bridgehead atoms. The fourth-order valence-corrected chi connectivity index (χ4v) is 8.40. The summed E-state index contributed by atoms with van der Waals surface area (Å²) < 4.78 is 50.4. The molecule has 0 aliphatic carbocycles. The fraction of sp³-hybridized carbons (Fsp3) is 0.250. The number of thiophene rings is 1. The molecule has 12 heteroatoms. The van der Waals surface area contributed by atoms with E-state index in [9.17, 15) is 21.6 Å².